The van der Waals surface area contributed by atoms with Crippen LogP contribution in [0, 0.1) is 5.41 Å². The van der Waals surface area contributed by atoms with Crippen molar-refractivity contribution >= 4 is 34.9 Å². The Labute approximate surface area is 158 Å². The molecule has 1 fully saturated rings. The maximum absolute atomic E-state index is 10.6. The van der Waals surface area contributed by atoms with Crippen LogP contribution in [-0.2, 0) is 0 Å². The average molecular weight is 371 g/mol. The minimum atomic E-state index is -1.27. The van der Waals surface area contributed by atoms with Crippen LogP contribution in [0.4, 0.5) is 5.69 Å². The molecule has 0 spiro atoms. The van der Waals surface area contributed by atoms with Gasteiger partial charge in [0.25, 0.3) is 0 Å². The van der Waals surface area contributed by atoms with Crippen molar-refractivity contribution in [1.29, 1.82) is 5.41 Å². The van der Waals surface area contributed by atoms with Crippen molar-refractivity contribution in [2.24, 2.45) is 15.3 Å². The monoisotopic (exact) mass is 370 g/mol. The summed E-state index contributed by atoms with van der Waals surface area (Å²) >= 11 is 6.15. The highest BCUT2D eigenvalue weighted by molar-refractivity contribution is 6.30. The Morgan fingerprint density at radius 2 is 2.19 bits per heavy atom. The summed E-state index contributed by atoms with van der Waals surface area (Å²) in [6.07, 6.45) is 6.15. The molecular formula is C19H21ClN5O-. The van der Waals surface area contributed by atoms with E-state index in [1.807, 2.05) is 19.1 Å². The Morgan fingerprint density at radius 3 is 2.77 bits per heavy atom. The van der Waals surface area contributed by atoms with E-state index < -0.39 is 5.60 Å². The summed E-state index contributed by atoms with van der Waals surface area (Å²) in [7, 11) is 0. The molecule has 0 amide bonds. The van der Waals surface area contributed by atoms with E-state index in [1.165, 1.54) is 6.34 Å². The van der Waals surface area contributed by atoms with Gasteiger partial charge in [-0.1, -0.05) is 30.3 Å². The fourth-order valence-corrected chi connectivity index (χ4v) is 3.10. The molecule has 1 aromatic rings. The lowest BCUT2D eigenvalue weighted by Gasteiger charge is -2.22. The first-order valence-corrected chi connectivity index (χ1v) is 8.45. The summed E-state index contributed by atoms with van der Waals surface area (Å²) in [4.78, 5) is 4.22. The largest absolute Gasteiger partial charge is 0.398 e. The van der Waals surface area contributed by atoms with Crippen molar-refractivity contribution in [2.45, 2.75) is 32.3 Å². The van der Waals surface area contributed by atoms with Crippen LogP contribution in [-0.4, -0.2) is 22.8 Å². The highest BCUT2D eigenvalue weighted by Gasteiger charge is 2.39. The van der Waals surface area contributed by atoms with E-state index in [0.29, 0.717) is 29.1 Å². The molecule has 136 valence electrons. The van der Waals surface area contributed by atoms with Gasteiger partial charge in [-0.25, -0.2) is 0 Å². The van der Waals surface area contributed by atoms with Crippen LogP contribution in [0.25, 0.3) is 11.4 Å². The van der Waals surface area contributed by atoms with Crippen molar-refractivity contribution in [2.75, 3.05) is 0 Å². The number of hydrogen-bond acceptors (Lipinski definition) is 4. The summed E-state index contributed by atoms with van der Waals surface area (Å²) in [5.41, 5.74) is 2.67. The summed E-state index contributed by atoms with van der Waals surface area (Å²) in [5.74, 6) is 6.69. The van der Waals surface area contributed by atoms with Gasteiger partial charge in [0.15, 0.2) is 0 Å². The molecule has 6 nitrogen and oxygen atoms in total. The highest BCUT2D eigenvalue weighted by atomic mass is 35.5. The van der Waals surface area contributed by atoms with E-state index in [2.05, 4.69) is 21.9 Å². The van der Waals surface area contributed by atoms with E-state index in [9.17, 15) is 5.11 Å². The third-order valence-corrected chi connectivity index (χ3v) is 4.71. The van der Waals surface area contributed by atoms with Crippen LogP contribution >= 0.6 is 11.6 Å². The molecule has 0 heterocycles. The number of rotatable bonds is 5. The lowest BCUT2D eigenvalue weighted by atomic mass is 9.91. The number of hydrogen-bond donors (Lipinski definition) is 2. The number of allylic oxidation sites excluding steroid dienone is 3. The highest BCUT2D eigenvalue weighted by Crippen LogP contribution is 2.41. The zero-order valence-electron chi connectivity index (χ0n) is 14.8. The third kappa shape index (κ3) is 3.98. The maximum Gasteiger partial charge on any atom is 0.127 e. The van der Waals surface area contributed by atoms with Gasteiger partial charge in [0.05, 0.1) is 5.69 Å². The zero-order valence-corrected chi connectivity index (χ0v) is 15.5. The van der Waals surface area contributed by atoms with Gasteiger partial charge in [0.2, 0.25) is 0 Å². The molecule has 1 aliphatic rings. The fraction of sp³-hybridized carbons (Fsp3) is 0.263. The van der Waals surface area contributed by atoms with Crippen LogP contribution in [0.3, 0.4) is 0 Å². The lowest BCUT2D eigenvalue weighted by Crippen LogP contribution is -2.34. The van der Waals surface area contributed by atoms with Crippen molar-refractivity contribution in [1.82, 2.24) is 0 Å². The van der Waals surface area contributed by atoms with E-state index in [4.69, 9.17) is 22.9 Å². The van der Waals surface area contributed by atoms with Gasteiger partial charge in [-0.05, 0) is 61.6 Å². The Balaban J connectivity index is 2.46. The van der Waals surface area contributed by atoms with Gasteiger partial charge in [-0.3, -0.25) is 10.2 Å². The second-order valence-corrected chi connectivity index (χ2v) is 6.44. The molecule has 7 heteroatoms. The lowest BCUT2D eigenvalue weighted by molar-refractivity contribution is 0.156. The minimum Gasteiger partial charge on any atom is -0.398 e. The number of nitrogens with zero attached hydrogens (tertiary/aromatic N) is 3. The number of nitrogens with one attached hydrogen (secondary N) is 2. The smallest absolute Gasteiger partial charge is 0.127 e. The topological polar surface area (TPSA) is 105 Å². The van der Waals surface area contributed by atoms with Crippen molar-refractivity contribution < 1.29 is 5.11 Å². The predicted octanol–water partition coefficient (Wildman–Crippen LogP) is 5.87. The summed E-state index contributed by atoms with van der Waals surface area (Å²) in [5, 5.41) is 25.4. The second kappa shape index (κ2) is 8.21. The predicted molar refractivity (Wildman–Crippen MR) is 107 cm³/mol. The third-order valence-electron chi connectivity index (χ3n) is 4.48. The summed E-state index contributed by atoms with van der Waals surface area (Å²) in [6.45, 7) is 7.49. The average Bonchev–Trinajstić information content (AvgIpc) is 2.90. The van der Waals surface area contributed by atoms with Crippen LogP contribution in [0.1, 0.15) is 32.3 Å². The summed E-state index contributed by atoms with van der Waals surface area (Å²) < 4.78 is 0. The Hall–Kier alpha value is -2.57. The van der Waals surface area contributed by atoms with Gasteiger partial charge in [-0.15, -0.1) is 0 Å². The Morgan fingerprint density at radius 1 is 1.46 bits per heavy atom. The van der Waals surface area contributed by atoms with Crippen LogP contribution < -0.4 is 0 Å². The van der Waals surface area contributed by atoms with Gasteiger partial charge in [0, 0.05) is 22.6 Å². The van der Waals surface area contributed by atoms with Gasteiger partial charge < -0.3 is 21.5 Å². The molecule has 0 aliphatic heterocycles. The first-order valence-electron chi connectivity index (χ1n) is 8.07. The van der Waals surface area contributed by atoms with Gasteiger partial charge in [0.1, 0.15) is 5.60 Å². The number of halogens is 1. The molecule has 0 bridgehead atoms. The molecule has 2 rings (SSSR count). The molecule has 0 aromatic heterocycles. The number of aliphatic hydroxyl groups is 1. The molecule has 1 unspecified atom stereocenters. The van der Waals surface area contributed by atoms with Crippen molar-refractivity contribution in [3.8, 4) is 0 Å². The molecule has 26 heavy (non-hydrogen) atoms. The minimum absolute atomic E-state index is 0.196. The Bertz CT molecular complexity index is 853. The fourth-order valence-electron chi connectivity index (χ4n) is 2.93. The molecule has 1 saturated carbocycles. The molecule has 0 saturated heterocycles. The number of aliphatic imine (C=N–C) groups is 1. The summed E-state index contributed by atoms with van der Waals surface area (Å²) in [6, 6.07) is 5.28. The van der Waals surface area contributed by atoms with Crippen molar-refractivity contribution in [3.05, 3.63) is 64.5 Å². The van der Waals surface area contributed by atoms with E-state index in [0.717, 1.165) is 16.7 Å². The zero-order chi connectivity index (χ0) is 19.3. The maximum atomic E-state index is 10.6. The first-order chi connectivity index (χ1) is 12.3. The van der Waals surface area contributed by atoms with Crippen molar-refractivity contribution in [3.63, 3.8) is 0 Å². The normalized spacial score (nSPS) is 22.8. The van der Waals surface area contributed by atoms with Crippen LogP contribution in [0.5, 0.6) is 0 Å². The van der Waals surface area contributed by atoms with E-state index >= 15 is 0 Å². The first kappa shape index (κ1) is 19.8. The molecule has 1 aliphatic carbocycles. The van der Waals surface area contributed by atoms with Gasteiger partial charge >= 0.3 is 0 Å². The van der Waals surface area contributed by atoms with Gasteiger partial charge in [-0.2, -0.15) is 0 Å². The molecule has 1 aromatic carbocycles. The van der Waals surface area contributed by atoms with E-state index in [-0.39, 0.29) is 5.71 Å². The quantitative estimate of drug-likeness (QED) is 0.287. The second-order valence-electron chi connectivity index (χ2n) is 6.00. The molecular weight excluding hydrogens is 350 g/mol. The van der Waals surface area contributed by atoms with Crippen LogP contribution in [0.2, 0.25) is 5.02 Å². The molecule has 0 radical (unpaired) electrons. The number of benzene rings is 1. The van der Waals surface area contributed by atoms with E-state index in [1.54, 1.807) is 25.1 Å². The SMILES string of the molecule is C=C1/C(=C\C(=C/C)c2cc(Cl)ccc2N=CN=N[NH-])CCC1(O)C(C)=N. The molecule has 1 atom stereocenters. The standard InChI is InChI=1S/C19H21ClN5O/c1-4-14(9-15-7-8-19(26,12(15)2)13(3)21)17-10-16(20)5-6-18(17)23-11-24-25-22/h4-6,9-11,21,26H,2,7-8H2,1,3H3,(H-,22,23,24)/q-1/b14-4+,15-9-,21-13?. The van der Waals surface area contributed by atoms with Crippen LogP contribution in [0.15, 0.2) is 63.4 Å². The Kier molecular flexibility index (Phi) is 6.23. The molecule has 3 N–H and O–H groups in total.